The molecule has 8 heteroatoms. The lowest BCUT2D eigenvalue weighted by atomic mass is 9.51. The number of nitrogens with zero attached hydrogens (tertiary/aromatic N) is 3. The molecule has 188 valence electrons. The lowest BCUT2D eigenvalue weighted by molar-refractivity contribution is -0.385. The van der Waals surface area contributed by atoms with Crippen molar-refractivity contribution in [1.82, 2.24) is 9.80 Å². The molecule has 2 bridgehead atoms. The molecule has 0 aromatic heterocycles. The Morgan fingerprint density at radius 1 is 1.33 bits per heavy atom. The van der Waals surface area contributed by atoms with Gasteiger partial charge in [0.05, 0.1) is 17.0 Å². The molecule has 2 fully saturated rings. The normalized spacial score (nSPS) is 30.1. The fraction of sp³-hybridized carbons (Fsp3) is 0.464. The fourth-order valence-electron chi connectivity index (χ4n) is 7.56. The standard InChI is InChI=1S/C28H31N3O5/c1-16-5-4-6-17(13-16)7-10-24(33)30(3)20-9-8-19-22-14-18-21(31(34)35)15-23(32)26-25(18)28(19,27(20)36-26)11-12-29(22)2/h4-7,10,13,15,19-20,22,27,32H,8-9,11-12,14H2,1-3H3/t19-,20+,22+,27-,28-/m0/s1. The summed E-state index contributed by atoms with van der Waals surface area (Å²) < 4.78 is 6.53. The number of benzene rings is 2. The van der Waals surface area contributed by atoms with Crippen LogP contribution in [-0.2, 0) is 16.6 Å². The number of nitro groups is 1. The van der Waals surface area contributed by atoms with E-state index in [0.717, 1.165) is 42.5 Å². The van der Waals surface area contributed by atoms with Crippen molar-refractivity contribution in [1.29, 1.82) is 0 Å². The Morgan fingerprint density at radius 2 is 2.14 bits per heavy atom. The Balaban J connectivity index is 1.39. The van der Waals surface area contributed by atoms with E-state index in [1.54, 1.807) is 11.0 Å². The van der Waals surface area contributed by atoms with Crippen LogP contribution in [0.2, 0.25) is 0 Å². The molecule has 1 amide bonds. The number of likely N-dealkylation sites (tertiary alicyclic amines) is 1. The molecule has 36 heavy (non-hydrogen) atoms. The topological polar surface area (TPSA) is 96.2 Å². The maximum absolute atomic E-state index is 13.3. The first-order chi connectivity index (χ1) is 17.2. The maximum Gasteiger partial charge on any atom is 0.276 e. The third-order valence-electron chi connectivity index (χ3n) is 9.17. The summed E-state index contributed by atoms with van der Waals surface area (Å²) in [5.41, 5.74) is 3.15. The molecule has 8 nitrogen and oxygen atoms in total. The third kappa shape index (κ3) is 3.13. The fourth-order valence-corrected chi connectivity index (χ4v) is 7.56. The lowest BCUT2D eigenvalue weighted by Gasteiger charge is -2.59. The van der Waals surface area contributed by atoms with Gasteiger partial charge in [-0.25, -0.2) is 0 Å². The molecule has 0 unspecified atom stereocenters. The summed E-state index contributed by atoms with van der Waals surface area (Å²) in [5.74, 6) is 0.370. The van der Waals surface area contributed by atoms with E-state index < -0.39 is 5.41 Å². The molecule has 2 aromatic rings. The lowest BCUT2D eigenvalue weighted by Crippen LogP contribution is -2.68. The molecule has 6 rings (SSSR count). The van der Waals surface area contributed by atoms with Gasteiger partial charge in [-0.1, -0.05) is 29.8 Å². The summed E-state index contributed by atoms with van der Waals surface area (Å²) in [5, 5.41) is 22.8. The summed E-state index contributed by atoms with van der Waals surface area (Å²) in [4.78, 5) is 29.0. The van der Waals surface area contributed by atoms with Gasteiger partial charge in [-0.3, -0.25) is 14.9 Å². The van der Waals surface area contributed by atoms with Crippen LogP contribution >= 0.6 is 0 Å². The van der Waals surface area contributed by atoms with Crippen molar-refractivity contribution in [2.45, 2.75) is 56.2 Å². The molecular weight excluding hydrogens is 458 g/mol. The van der Waals surface area contributed by atoms with E-state index >= 15 is 0 Å². The van der Waals surface area contributed by atoms with Crippen molar-refractivity contribution < 1.29 is 19.6 Å². The van der Waals surface area contributed by atoms with Gasteiger partial charge in [-0.2, -0.15) is 0 Å². The minimum Gasteiger partial charge on any atom is -0.504 e. The number of aryl methyl sites for hydroxylation is 1. The van der Waals surface area contributed by atoms with Crippen LogP contribution in [-0.4, -0.2) is 64.6 Å². The van der Waals surface area contributed by atoms with Gasteiger partial charge in [0.25, 0.3) is 5.69 Å². The Morgan fingerprint density at radius 3 is 2.89 bits per heavy atom. The molecule has 0 radical (unpaired) electrons. The molecule has 5 atom stereocenters. The molecule has 1 saturated heterocycles. The van der Waals surface area contributed by atoms with Crippen molar-refractivity contribution in [2.75, 3.05) is 20.6 Å². The minimum absolute atomic E-state index is 0.0266. The molecule has 1 saturated carbocycles. The predicted octanol–water partition coefficient (Wildman–Crippen LogP) is 3.82. The number of phenols is 1. The average molecular weight is 490 g/mol. The van der Waals surface area contributed by atoms with E-state index in [1.807, 2.05) is 44.3 Å². The number of ether oxygens (including phenoxy) is 1. The highest BCUT2D eigenvalue weighted by atomic mass is 16.6. The van der Waals surface area contributed by atoms with Crippen molar-refractivity contribution >= 4 is 17.7 Å². The summed E-state index contributed by atoms with van der Waals surface area (Å²) in [7, 11) is 3.91. The smallest absolute Gasteiger partial charge is 0.276 e. The zero-order valence-corrected chi connectivity index (χ0v) is 20.8. The number of hydrogen-bond donors (Lipinski definition) is 1. The number of amides is 1. The van der Waals surface area contributed by atoms with Gasteiger partial charge in [0.1, 0.15) is 6.10 Å². The van der Waals surface area contributed by atoms with Gasteiger partial charge < -0.3 is 19.6 Å². The number of aromatic hydroxyl groups is 1. The quantitative estimate of drug-likeness (QED) is 0.399. The van der Waals surface area contributed by atoms with Crippen molar-refractivity contribution in [2.24, 2.45) is 5.92 Å². The number of likely N-dealkylation sites (N-methyl/N-ethyl adjacent to an activating group) is 2. The monoisotopic (exact) mass is 489 g/mol. The van der Waals surface area contributed by atoms with Crippen LogP contribution in [0.5, 0.6) is 11.5 Å². The van der Waals surface area contributed by atoms with Crippen LogP contribution in [0.4, 0.5) is 5.69 Å². The molecule has 2 heterocycles. The number of carbonyl (C=O) groups is 1. The molecule has 2 aromatic carbocycles. The van der Waals surface area contributed by atoms with Gasteiger partial charge >= 0.3 is 0 Å². The van der Waals surface area contributed by atoms with Gasteiger partial charge in [-0.05, 0) is 63.8 Å². The van der Waals surface area contributed by atoms with Gasteiger partial charge in [0, 0.05) is 35.7 Å². The van der Waals surface area contributed by atoms with Crippen LogP contribution in [0.15, 0.2) is 36.4 Å². The summed E-state index contributed by atoms with van der Waals surface area (Å²) >= 11 is 0. The molecule has 2 aliphatic carbocycles. The van der Waals surface area contributed by atoms with Gasteiger partial charge in [0.2, 0.25) is 5.91 Å². The Bertz CT molecular complexity index is 1310. The van der Waals surface area contributed by atoms with Crippen molar-refractivity contribution in [3.8, 4) is 11.5 Å². The molecule has 4 aliphatic rings. The first-order valence-electron chi connectivity index (χ1n) is 12.6. The highest BCUT2D eigenvalue weighted by Gasteiger charge is 2.67. The molecule has 2 aliphatic heterocycles. The number of nitro benzene ring substituents is 1. The number of piperidine rings is 1. The van der Waals surface area contributed by atoms with E-state index in [4.69, 9.17) is 4.74 Å². The molecule has 1 spiro atoms. The van der Waals surface area contributed by atoms with E-state index in [1.165, 1.54) is 6.07 Å². The number of rotatable bonds is 4. The SMILES string of the molecule is Cc1cccc(C=CC(=O)N(C)[C@@H]2CC[C@H]3[C@H]4Cc5c([N+](=O)[O-])cc(O)c6c5[C@@]3(CCN4C)[C@H]2O6)c1. The van der Waals surface area contributed by atoms with E-state index in [2.05, 4.69) is 11.9 Å². The summed E-state index contributed by atoms with van der Waals surface area (Å²) in [6.07, 6.45) is 6.14. The largest absolute Gasteiger partial charge is 0.504 e. The highest BCUT2D eigenvalue weighted by molar-refractivity contribution is 5.92. The number of carbonyl (C=O) groups excluding carboxylic acids is 1. The van der Waals surface area contributed by atoms with Gasteiger partial charge in [0.15, 0.2) is 11.5 Å². The van der Waals surface area contributed by atoms with Crippen molar-refractivity contribution in [3.05, 3.63) is 68.8 Å². The van der Waals surface area contributed by atoms with E-state index in [9.17, 15) is 20.0 Å². The summed E-state index contributed by atoms with van der Waals surface area (Å²) in [6, 6.07) is 9.21. The van der Waals surface area contributed by atoms with Crippen LogP contribution in [0, 0.1) is 23.0 Å². The first kappa shape index (κ1) is 23.0. The second kappa shape index (κ2) is 8.06. The van der Waals surface area contributed by atoms with Crippen LogP contribution in [0.25, 0.3) is 6.08 Å². The highest BCUT2D eigenvalue weighted by Crippen LogP contribution is 2.65. The maximum atomic E-state index is 13.3. The van der Waals surface area contributed by atoms with E-state index in [0.29, 0.717) is 17.7 Å². The number of hydrogen-bond acceptors (Lipinski definition) is 6. The third-order valence-corrected chi connectivity index (χ3v) is 9.17. The Labute approximate surface area is 210 Å². The zero-order chi connectivity index (χ0) is 25.4. The minimum atomic E-state index is -0.443. The predicted molar refractivity (Wildman–Crippen MR) is 135 cm³/mol. The first-order valence-corrected chi connectivity index (χ1v) is 12.6. The second-order valence-electron chi connectivity index (χ2n) is 10.9. The number of phenolic OH excluding ortho intramolecular Hbond substituents is 1. The Hall–Kier alpha value is -3.39. The zero-order valence-electron chi connectivity index (χ0n) is 20.8. The van der Waals surface area contributed by atoms with Crippen LogP contribution < -0.4 is 4.74 Å². The van der Waals surface area contributed by atoms with E-state index in [-0.39, 0.29) is 46.4 Å². The molecular formula is C28H31N3O5. The summed E-state index contributed by atoms with van der Waals surface area (Å²) in [6.45, 7) is 2.87. The van der Waals surface area contributed by atoms with Crippen molar-refractivity contribution in [3.63, 3.8) is 0 Å². The van der Waals surface area contributed by atoms with Gasteiger partial charge in [-0.15, -0.1) is 0 Å². The Kier molecular flexibility index (Phi) is 5.16. The second-order valence-corrected chi connectivity index (χ2v) is 10.9. The van der Waals surface area contributed by atoms with Crippen LogP contribution in [0.3, 0.4) is 0 Å². The molecule has 1 N–H and O–H groups in total. The van der Waals surface area contributed by atoms with Crippen LogP contribution in [0.1, 0.15) is 41.5 Å². The average Bonchev–Trinajstić information content (AvgIpc) is 3.20.